The minimum atomic E-state index is -0.813. The zero-order chi connectivity index (χ0) is 14.3. The number of carboxylic acid groups (broad SMARTS) is 1. The molecule has 1 aliphatic carbocycles. The molecule has 0 fully saturated rings. The van der Waals surface area contributed by atoms with Crippen LogP contribution >= 0.6 is 22.9 Å². The molecule has 3 rings (SSSR count). The van der Waals surface area contributed by atoms with Crippen LogP contribution in [0.5, 0.6) is 5.75 Å². The van der Waals surface area contributed by atoms with Gasteiger partial charge in [-0.05, 0) is 25.0 Å². The van der Waals surface area contributed by atoms with Crippen LogP contribution in [-0.2, 0) is 11.2 Å². The van der Waals surface area contributed by atoms with Crippen LogP contribution in [0.2, 0.25) is 5.02 Å². The van der Waals surface area contributed by atoms with Crippen molar-refractivity contribution in [3.8, 4) is 16.3 Å². The van der Waals surface area contributed by atoms with Crippen molar-refractivity contribution in [2.45, 2.75) is 18.8 Å². The van der Waals surface area contributed by atoms with E-state index in [0.29, 0.717) is 22.9 Å². The Morgan fingerprint density at radius 3 is 3.05 bits per heavy atom. The van der Waals surface area contributed by atoms with Gasteiger partial charge in [-0.3, -0.25) is 4.79 Å². The number of nitrogens with zero attached hydrogens (tertiary/aromatic N) is 1. The van der Waals surface area contributed by atoms with E-state index < -0.39 is 11.9 Å². The van der Waals surface area contributed by atoms with Crippen LogP contribution < -0.4 is 4.74 Å². The number of ether oxygens (including phenoxy) is 1. The van der Waals surface area contributed by atoms with Gasteiger partial charge < -0.3 is 9.84 Å². The first kappa shape index (κ1) is 13.4. The Labute approximate surface area is 125 Å². The first-order chi connectivity index (χ1) is 9.61. The molecule has 1 aromatic heterocycles. The second-order valence-corrected chi connectivity index (χ2v) is 6.06. The summed E-state index contributed by atoms with van der Waals surface area (Å²) >= 11 is 7.74. The minimum absolute atomic E-state index is 0.497. The fourth-order valence-corrected chi connectivity index (χ4v) is 3.97. The van der Waals surface area contributed by atoms with Crippen molar-refractivity contribution in [3.05, 3.63) is 33.8 Å². The molecule has 20 heavy (non-hydrogen) atoms. The van der Waals surface area contributed by atoms with Crippen molar-refractivity contribution in [1.29, 1.82) is 0 Å². The summed E-state index contributed by atoms with van der Waals surface area (Å²) in [5.41, 5.74) is 1.42. The molecule has 1 aromatic carbocycles. The molecule has 1 unspecified atom stereocenters. The average molecular weight is 310 g/mol. The highest BCUT2D eigenvalue weighted by molar-refractivity contribution is 7.15. The van der Waals surface area contributed by atoms with E-state index in [4.69, 9.17) is 16.3 Å². The van der Waals surface area contributed by atoms with Crippen molar-refractivity contribution >= 4 is 28.9 Å². The van der Waals surface area contributed by atoms with E-state index >= 15 is 0 Å². The Hall–Kier alpha value is -1.59. The van der Waals surface area contributed by atoms with Gasteiger partial charge >= 0.3 is 5.97 Å². The molecule has 1 aliphatic rings. The van der Waals surface area contributed by atoms with Crippen LogP contribution in [0.25, 0.3) is 10.6 Å². The monoisotopic (exact) mass is 309 g/mol. The lowest BCUT2D eigenvalue weighted by atomic mass is 10.1. The number of aryl methyl sites for hydroxylation is 1. The fraction of sp³-hybridized carbons (Fsp3) is 0.286. The normalized spacial score (nSPS) is 17.0. The maximum atomic E-state index is 11.2. The van der Waals surface area contributed by atoms with Crippen molar-refractivity contribution < 1.29 is 14.6 Å². The van der Waals surface area contributed by atoms with Crippen molar-refractivity contribution in [2.75, 3.05) is 7.11 Å². The van der Waals surface area contributed by atoms with E-state index in [0.717, 1.165) is 21.9 Å². The third kappa shape index (κ3) is 2.07. The third-order valence-corrected chi connectivity index (χ3v) is 4.89. The number of thiazole rings is 1. The molecular weight excluding hydrogens is 298 g/mol. The molecule has 4 nitrogen and oxygen atoms in total. The number of halogens is 1. The number of hydrogen-bond donors (Lipinski definition) is 1. The minimum Gasteiger partial charge on any atom is -0.496 e. The molecule has 0 amide bonds. The molecule has 2 aromatic rings. The Balaban J connectivity index is 2.10. The van der Waals surface area contributed by atoms with Gasteiger partial charge in [0.15, 0.2) is 0 Å². The van der Waals surface area contributed by atoms with Gasteiger partial charge in [-0.15, -0.1) is 11.3 Å². The van der Waals surface area contributed by atoms with Gasteiger partial charge in [-0.25, -0.2) is 4.98 Å². The van der Waals surface area contributed by atoms with Crippen LogP contribution in [-0.4, -0.2) is 23.2 Å². The molecular formula is C14H12ClNO3S. The number of aliphatic carboxylic acids is 1. The van der Waals surface area contributed by atoms with Gasteiger partial charge in [0, 0.05) is 4.88 Å². The van der Waals surface area contributed by atoms with E-state index in [1.807, 2.05) is 12.1 Å². The Kier molecular flexibility index (Phi) is 3.40. The predicted molar refractivity (Wildman–Crippen MR) is 77.8 cm³/mol. The summed E-state index contributed by atoms with van der Waals surface area (Å²) in [5, 5.41) is 10.5. The van der Waals surface area contributed by atoms with Crippen LogP contribution in [0, 0.1) is 0 Å². The second-order valence-electron chi connectivity index (χ2n) is 4.57. The molecule has 1 heterocycles. The molecule has 0 aliphatic heterocycles. The highest BCUT2D eigenvalue weighted by Gasteiger charge is 2.33. The molecule has 0 radical (unpaired) electrons. The smallest absolute Gasteiger partial charge is 0.312 e. The van der Waals surface area contributed by atoms with Crippen molar-refractivity contribution in [2.24, 2.45) is 0 Å². The zero-order valence-electron chi connectivity index (χ0n) is 10.7. The molecule has 1 atom stereocenters. The van der Waals surface area contributed by atoms with Gasteiger partial charge in [0.2, 0.25) is 0 Å². The average Bonchev–Trinajstić information content (AvgIpc) is 2.97. The number of carbonyl (C=O) groups is 1. The van der Waals surface area contributed by atoms with Gasteiger partial charge in [0.25, 0.3) is 0 Å². The SMILES string of the molecule is COc1cccc(Cl)c1-c1nc2c(s1)CCC2C(=O)O. The summed E-state index contributed by atoms with van der Waals surface area (Å²) in [6.07, 6.45) is 1.39. The summed E-state index contributed by atoms with van der Waals surface area (Å²) in [6, 6.07) is 5.41. The lowest BCUT2D eigenvalue weighted by molar-refractivity contribution is -0.138. The molecule has 1 N–H and O–H groups in total. The van der Waals surface area contributed by atoms with Crippen LogP contribution in [0.1, 0.15) is 22.9 Å². The lowest BCUT2D eigenvalue weighted by Gasteiger charge is -2.08. The summed E-state index contributed by atoms with van der Waals surface area (Å²) < 4.78 is 5.32. The van der Waals surface area contributed by atoms with E-state index in [9.17, 15) is 9.90 Å². The third-order valence-electron chi connectivity index (χ3n) is 3.42. The van der Waals surface area contributed by atoms with Gasteiger partial charge in [0.1, 0.15) is 16.7 Å². The van der Waals surface area contributed by atoms with E-state index in [-0.39, 0.29) is 0 Å². The first-order valence-electron chi connectivity index (χ1n) is 6.17. The van der Waals surface area contributed by atoms with Gasteiger partial charge in [0.05, 0.1) is 23.4 Å². The highest BCUT2D eigenvalue weighted by atomic mass is 35.5. The van der Waals surface area contributed by atoms with Crippen LogP contribution in [0.15, 0.2) is 18.2 Å². The number of rotatable bonds is 3. The molecule has 0 bridgehead atoms. The zero-order valence-corrected chi connectivity index (χ0v) is 12.3. The molecule has 104 valence electrons. The fourth-order valence-electron chi connectivity index (χ4n) is 2.46. The van der Waals surface area contributed by atoms with Gasteiger partial charge in [-0.2, -0.15) is 0 Å². The Bertz CT molecular complexity index is 683. The van der Waals surface area contributed by atoms with Crippen LogP contribution in [0.3, 0.4) is 0 Å². The van der Waals surface area contributed by atoms with E-state index in [1.165, 1.54) is 11.3 Å². The second kappa shape index (κ2) is 5.07. The molecule has 0 saturated heterocycles. The molecule has 0 saturated carbocycles. The first-order valence-corrected chi connectivity index (χ1v) is 7.36. The Morgan fingerprint density at radius 1 is 1.55 bits per heavy atom. The summed E-state index contributed by atoms with van der Waals surface area (Å²) in [5.74, 6) is -0.660. The molecule has 0 spiro atoms. The highest BCUT2D eigenvalue weighted by Crippen LogP contribution is 2.44. The quantitative estimate of drug-likeness (QED) is 0.941. The maximum absolute atomic E-state index is 11.2. The van der Waals surface area contributed by atoms with E-state index in [2.05, 4.69) is 4.98 Å². The van der Waals surface area contributed by atoms with Crippen LogP contribution in [0.4, 0.5) is 0 Å². The standard InChI is InChI=1S/C14H12ClNO3S/c1-19-9-4-2-3-8(15)11(9)13-16-12-7(14(17)18)5-6-10(12)20-13/h2-4,7H,5-6H2,1H3,(H,17,18). The number of aromatic nitrogens is 1. The lowest BCUT2D eigenvalue weighted by Crippen LogP contribution is -2.08. The van der Waals surface area contributed by atoms with E-state index in [1.54, 1.807) is 13.2 Å². The van der Waals surface area contributed by atoms with Gasteiger partial charge in [-0.1, -0.05) is 17.7 Å². The summed E-state index contributed by atoms with van der Waals surface area (Å²) in [7, 11) is 1.58. The number of benzene rings is 1. The largest absolute Gasteiger partial charge is 0.496 e. The summed E-state index contributed by atoms with van der Waals surface area (Å²) in [6.45, 7) is 0. The maximum Gasteiger partial charge on any atom is 0.312 e. The van der Waals surface area contributed by atoms with Crippen molar-refractivity contribution in [3.63, 3.8) is 0 Å². The molecule has 6 heteroatoms. The Morgan fingerprint density at radius 2 is 2.35 bits per heavy atom. The number of fused-ring (bicyclic) bond motifs is 1. The predicted octanol–water partition coefficient (Wildman–Crippen LogP) is 3.59. The van der Waals surface area contributed by atoms with Crippen molar-refractivity contribution in [1.82, 2.24) is 4.98 Å². The number of carboxylic acids is 1. The number of hydrogen-bond acceptors (Lipinski definition) is 4. The number of methoxy groups -OCH3 is 1. The topological polar surface area (TPSA) is 59.4 Å². The summed E-state index contributed by atoms with van der Waals surface area (Å²) in [4.78, 5) is 16.8.